The lowest BCUT2D eigenvalue weighted by Crippen LogP contribution is -2.37. The molecule has 1 saturated heterocycles. The van der Waals surface area contributed by atoms with Crippen LogP contribution in [0.3, 0.4) is 0 Å². The predicted octanol–water partition coefficient (Wildman–Crippen LogP) is 2.01. The fourth-order valence-corrected chi connectivity index (χ4v) is 2.95. The van der Waals surface area contributed by atoms with E-state index in [1.54, 1.807) is 0 Å². The third-order valence-electron chi connectivity index (χ3n) is 4.15. The molecule has 0 N–H and O–H groups in total. The monoisotopic (exact) mass is 318 g/mol. The van der Waals surface area contributed by atoms with Crippen molar-refractivity contribution in [3.8, 4) is 0 Å². The maximum atomic E-state index is 12.7. The standard InChI is InChI=1S/C18H26N2O3/c1-4-23-17(21)13-19-8-5-9-20(11-10-19)18(22)16-7-6-14(2)12-15(16)3/h6-7,12H,4-5,8-11,13H2,1-3H3. The molecule has 1 aromatic rings. The number of esters is 1. The van der Waals surface area contributed by atoms with Gasteiger partial charge in [-0.3, -0.25) is 14.5 Å². The Morgan fingerprint density at radius 3 is 2.61 bits per heavy atom. The number of amides is 1. The lowest BCUT2D eigenvalue weighted by Gasteiger charge is -2.22. The van der Waals surface area contributed by atoms with Crippen molar-refractivity contribution in [3.63, 3.8) is 0 Å². The van der Waals surface area contributed by atoms with Crippen LogP contribution >= 0.6 is 0 Å². The second-order valence-corrected chi connectivity index (χ2v) is 6.05. The molecule has 5 heteroatoms. The number of carbonyl (C=O) groups is 2. The highest BCUT2D eigenvalue weighted by Gasteiger charge is 2.22. The quantitative estimate of drug-likeness (QED) is 0.797. The summed E-state index contributed by atoms with van der Waals surface area (Å²) in [6.07, 6.45) is 0.871. The Hall–Kier alpha value is -1.88. The van der Waals surface area contributed by atoms with Crippen molar-refractivity contribution >= 4 is 11.9 Å². The van der Waals surface area contributed by atoms with Crippen LogP contribution < -0.4 is 0 Å². The van der Waals surface area contributed by atoms with Crippen molar-refractivity contribution < 1.29 is 14.3 Å². The molecule has 0 radical (unpaired) electrons. The Morgan fingerprint density at radius 2 is 1.91 bits per heavy atom. The van der Waals surface area contributed by atoms with Crippen molar-refractivity contribution in [2.45, 2.75) is 27.2 Å². The molecule has 1 fully saturated rings. The first kappa shape index (κ1) is 17.5. The molecule has 23 heavy (non-hydrogen) atoms. The smallest absolute Gasteiger partial charge is 0.320 e. The van der Waals surface area contributed by atoms with Crippen LogP contribution in [-0.4, -0.2) is 61.0 Å². The number of hydrogen-bond acceptors (Lipinski definition) is 4. The molecule has 0 aliphatic carbocycles. The van der Waals surface area contributed by atoms with Crippen molar-refractivity contribution in [1.29, 1.82) is 0 Å². The Bertz CT molecular complexity index is 571. The van der Waals surface area contributed by atoms with Crippen molar-refractivity contribution in [1.82, 2.24) is 9.80 Å². The SMILES string of the molecule is CCOC(=O)CN1CCCN(C(=O)c2ccc(C)cc2C)CC1. The summed E-state index contributed by atoms with van der Waals surface area (Å²) >= 11 is 0. The van der Waals surface area contributed by atoms with Crippen molar-refractivity contribution in [3.05, 3.63) is 34.9 Å². The second-order valence-electron chi connectivity index (χ2n) is 6.05. The molecule has 126 valence electrons. The summed E-state index contributed by atoms with van der Waals surface area (Å²) in [6.45, 7) is 9.42. The van der Waals surface area contributed by atoms with E-state index in [1.807, 2.05) is 43.9 Å². The summed E-state index contributed by atoms with van der Waals surface area (Å²) in [4.78, 5) is 28.3. The van der Waals surface area contributed by atoms with Gasteiger partial charge in [0.15, 0.2) is 0 Å². The average molecular weight is 318 g/mol. The predicted molar refractivity (Wildman–Crippen MR) is 89.5 cm³/mol. The Balaban J connectivity index is 1.97. The van der Waals surface area contributed by atoms with Gasteiger partial charge in [0.25, 0.3) is 5.91 Å². The number of hydrogen-bond donors (Lipinski definition) is 0. The number of ether oxygens (including phenoxy) is 1. The molecule has 1 heterocycles. The molecule has 0 saturated carbocycles. The summed E-state index contributed by atoms with van der Waals surface area (Å²) in [5, 5.41) is 0. The molecular formula is C18H26N2O3. The lowest BCUT2D eigenvalue weighted by atomic mass is 10.0. The minimum Gasteiger partial charge on any atom is -0.465 e. The first-order valence-electron chi connectivity index (χ1n) is 8.25. The third kappa shape index (κ3) is 4.79. The highest BCUT2D eigenvalue weighted by Crippen LogP contribution is 2.15. The van der Waals surface area contributed by atoms with Gasteiger partial charge in [-0.25, -0.2) is 0 Å². The van der Waals surface area contributed by atoms with E-state index in [4.69, 9.17) is 4.74 Å². The van der Waals surface area contributed by atoms with E-state index in [2.05, 4.69) is 4.90 Å². The molecule has 5 nitrogen and oxygen atoms in total. The fourth-order valence-electron chi connectivity index (χ4n) is 2.95. The van der Waals surface area contributed by atoms with Gasteiger partial charge in [-0.05, 0) is 38.8 Å². The van der Waals surface area contributed by atoms with Gasteiger partial charge in [-0.15, -0.1) is 0 Å². The molecule has 0 aromatic heterocycles. The first-order valence-corrected chi connectivity index (χ1v) is 8.25. The van der Waals surface area contributed by atoms with E-state index in [-0.39, 0.29) is 11.9 Å². The summed E-state index contributed by atoms with van der Waals surface area (Å²) in [6, 6.07) is 5.93. The normalized spacial score (nSPS) is 16.0. The Kier molecular flexibility index (Phi) is 6.16. The van der Waals surface area contributed by atoms with Gasteiger partial charge in [-0.1, -0.05) is 17.7 Å². The molecule has 2 rings (SSSR count). The molecule has 0 spiro atoms. The van der Waals surface area contributed by atoms with E-state index >= 15 is 0 Å². The maximum Gasteiger partial charge on any atom is 0.320 e. The largest absolute Gasteiger partial charge is 0.465 e. The van der Waals surface area contributed by atoms with Gasteiger partial charge >= 0.3 is 5.97 Å². The van der Waals surface area contributed by atoms with Crippen LogP contribution in [-0.2, 0) is 9.53 Å². The van der Waals surface area contributed by atoms with E-state index in [9.17, 15) is 9.59 Å². The lowest BCUT2D eigenvalue weighted by molar-refractivity contribution is -0.144. The number of rotatable bonds is 4. The number of benzene rings is 1. The van der Waals surface area contributed by atoms with Crippen molar-refractivity contribution in [2.75, 3.05) is 39.3 Å². The minimum atomic E-state index is -0.193. The van der Waals surface area contributed by atoms with Gasteiger partial charge in [0.2, 0.25) is 0 Å². The Labute approximate surface area is 138 Å². The Morgan fingerprint density at radius 1 is 1.13 bits per heavy atom. The van der Waals surface area contributed by atoms with Gasteiger partial charge in [0.05, 0.1) is 13.2 Å². The van der Waals surface area contributed by atoms with Crippen molar-refractivity contribution in [2.24, 2.45) is 0 Å². The molecule has 0 atom stereocenters. The summed E-state index contributed by atoms with van der Waals surface area (Å²) in [5.41, 5.74) is 2.95. The number of carbonyl (C=O) groups excluding carboxylic acids is 2. The van der Waals surface area contributed by atoms with Crippen LogP contribution in [0.1, 0.15) is 34.8 Å². The average Bonchev–Trinajstić information content (AvgIpc) is 2.72. The zero-order chi connectivity index (χ0) is 16.8. The summed E-state index contributed by atoms with van der Waals surface area (Å²) in [5.74, 6) is -0.109. The molecule has 0 bridgehead atoms. The number of aryl methyl sites for hydroxylation is 2. The van der Waals surface area contributed by atoms with E-state index in [0.717, 1.165) is 36.2 Å². The molecule has 1 aromatic carbocycles. The van der Waals surface area contributed by atoms with Crippen LogP contribution in [0.5, 0.6) is 0 Å². The van der Waals surface area contributed by atoms with Crippen LogP contribution in [0.2, 0.25) is 0 Å². The third-order valence-corrected chi connectivity index (χ3v) is 4.15. The van der Waals surface area contributed by atoms with Gasteiger partial charge in [0.1, 0.15) is 0 Å². The van der Waals surface area contributed by atoms with Crippen LogP contribution in [0.4, 0.5) is 0 Å². The maximum absolute atomic E-state index is 12.7. The first-order chi connectivity index (χ1) is 11.0. The topological polar surface area (TPSA) is 49.9 Å². The molecule has 1 aliphatic rings. The van der Waals surface area contributed by atoms with Gasteiger partial charge in [0, 0.05) is 31.7 Å². The van der Waals surface area contributed by atoms with E-state index in [0.29, 0.717) is 26.2 Å². The second kappa shape index (κ2) is 8.11. The van der Waals surface area contributed by atoms with Gasteiger partial charge < -0.3 is 9.64 Å². The van der Waals surface area contributed by atoms with E-state index < -0.39 is 0 Å². The van der Waals surface area contributed by atoms with Crippen LogP contribution in [0.15, 0.2) is 18.2 Å². The zero-order valence-corrected chi connectivity index (χ0v) is 14.3. The number of nitrogens with zero attached hydrogens (tertiary/aromatic N) is 2. The zero-order valence-electron chi connectivity index (χ0n) is 14.3. The van der Waals surface area contributed by atoms with Gasteiger partial charge in [-0.2, -0.15) is 0 Å². The molecule has 0 unspecified atom stereocenters. The summed E-state index contributed by atoms with van der Waals surface area (Å²) < 4.78 is 4.99. The summed E-state index contributed by atoms with van der Waals surface area (Å²) in [7, 11) is 0. The van der Waals surface area contributed by atoms with Crippen LogP contribution in [0.25, 0.3) is 0 Å². The van der Waals surface area contributed by atoms with E-state index in [1.165, 1.54) is 0 Å². The molecule has 1 aliphatic heterocycles. The minimum absolute atomic E-state index is 0.0838. The fraction of sp³-hybridized carbons (Fsp3) is 0.556. The highest BCUT2D eigenvalue weighted by molar-refractivity contribution is 5.95. The highest BCUT2D eigenvalue weighted by atomic mass is 16.5. The molecular weight excluding hydrogens is 292 g/mol. The molecule has 1 amide bonds. The van der Waals surface area contributed by atoms with Crippen LogP contribution in [0, 0.1) is 13.8 Å².